The summed E-state index contributed by atoms with van der Waals surface area (Å²) in [5.74, 6) is 0. The minimum atomic E-state index is 0.188. The molecule has 1 atom stereocenters. The zero-order chi connectivity index (χ0) is 12.2. The summed E-state index contributed by atoms with van der Waals surface area (Å²) in [6, 6.07) is 20.7. The van der Waals surface area contributed by atoms with Gasteiger partial charge in [0.2, 0.25) is 0 Å². The van der Waals surface area contributed by atoms with E-state index in [4.69, 9.17) is 0 Å². The Bertz CT molecular complexity index is 522. The van der Waals surface area contributed by atoms with Gasteiger partial charge in [0, 0.05) is 6.20 Å². The molecule has 2 aromatic carbocycles. The summed E-state index contributed by atoms with van der Waals surface area (Å²) in [7, 11) is 0. The van der Waals surface area contributed by atoms with E-state index in [9.17, 15) is 0 Å². The van der Waals surface area contributed by atoms with Crippen LogP contribution in [0.25, 0.3) is 0 Å². The van der Waals surface area contributed by atoms with Crippen molar-refractivity contribution in [1.29, 1.82) is 0 Å². The number of hydrogen-bond acceptors (Lipinski definition) is 3. The Balaban J connectivity index is 1.81. The van der Waals surface area contributed by atoms with E-state index in [0.717, 1.165) is 5.69 Å². The maximum absolute atomic E-state index is 3.42. The molecule has 0 bridgehead atoms. The summed E-state index contributed by atoms with van der Waals surface area (Å²) in [5.41, 5.74) is 8.93. The largest absolute Gasteiger partial charge is 0.291 e. The maximum Gasteiger partial charge on any atom is 0.0756 e. The lowest BCUT2D eigenvalue weighted by atomic mass is 10.1. The molecule has 0 aromatic heterocycles. The Labute approximate surface area is 107 Å². The molecule has 3 nitrogen and oxygen atoms in total. The topological polar surface area (TPSA) is 27.3 Å². The van der Waals surface area contributed by atoms with Gasteiger partial charge in [-0.3, -0.25) is 5.43 Å². The highest BCUT2D eigenvalue weighted by atomic mass is 15.7. The second kappa shape index (κ2) is 4.94. The highest BCUT2D eigenvalue weighted by molar-refractivity contribution is 5.45. The first-order valence-corrected chi connectivity index (χ1v) is 6.02. The van der Waals surface area contributed by atoms with E-state index >= 15 is 0 Å². The molecule has 2 N–H and O–H groups in total. The van der Waals surface area contributed by atoms with Gasteiger partial charge in [-0.05, 0) is 23.8 Å². The lowest BCUT2D eigenvalue weighted by Gasteiger charge is -2.32. The van der Waals surface area contributed by atoms with Gasteiger partial charge in [0.1, 0.15) is 0 Å². The van der Waals surface area contributed by atoms with Crippen molar-refractivity contribution >= 4 is 5.69 Å². The van der Waals surface area contributed by atoms with Crippen molar-refractivity contribution in [2.75, 3.05) is 5.12 Å². The van der Waals surface area contributed by atoms with E-state index in [1.165, 1.54) is 5.56 Å². The van der Waals surface area contributed by atoms with E-state index < -0.39 is 0 Å². The van der Waals surface area contributed by atoms with Gasteiger partial charge in [0.05, 0.1) is 11.7 Å². The molecule has 90 valence electrons. The number of para-hydroxylation sites is 1. The fourth-order valence-electron chi connectivity index (χ4n) is 2.01. The predicted octanol–water partition coefficient (Wildman–Crippen LogP) is 2.77. The first kappa shape index (κ1) is 10.9. The number of nitrogens with one attached hydrogen (secondary N) is 2. The van der Waals surface area contributed by atoms with Crippen molar-refractivity contribution < 1.29 is 0 Å². The smallest absolute Gasteiger partial charge is 0.0756 e. The van der Waals surface area contributed by atoms with Crippen LogP contribution in [0.15, 0.2) is 72.9 Å². The highest BCUT2D eigenvalue weighted by Crippen LogP contribution is 2.19. The van der Waals surface area contributed by atoms with Crippen LogP contribution in [0.4, 0.5) is 5.69 Å². The Morgan fingerprint density at radius 3 is 2.22 bits per heavy atom. The van der Waals surface area contributed by atoms with Gasteiger partial charge in [0.15, 0.2) is 0 Å². The van der Waals surface area contributed by atoms with Gasteiger partial charge in [0.25, 0.3) is 0 Å². The fraction of sp³-hybridized carbons (Fsp3) is 0.0667. The lowest BCUT2D eigenvalue weighted by molar-refractivity contribution is 0.509. The molecule has 0 spiro atoms. The Kier molecular flexibility index (Phi) is 2.98. The van der Waals surface area contributed by atoms with Gasteiger partial charge in [-0.15, -0.1) is 0 Å². The van der Waals surface area contributed by atoms with Crippen LogP contribution < -0.4 is 16.0 Å². The maximum atomic E-state index is 3.42. The predicted molar refractivity (Wildman–Crippen MR) is 73.5 cm³/mol. The summed E-state index contributed by atoms with van der Waals surface area (Å²) >= 11 is 0. The zero-order valence-corrected chi connectivity index (χ0v) is 9.95. The Morgan fingerprint density at radius 1 is 0.833 bits per heavy atom. The molecule has 1 heterocycles. The van der Waals surface area contributed by atoms with Gasteiger partial charge in [-0.2, -0.15) is 0 Å². The lowest BCUT2D eigenvalue weighted by Crippen LogP contribution is -2.50. The van der Waals surface area contributed by atoms with Crippen molar-refractivity contribution in [2.45, 2.75) is 6.04 Å². The van der Waals surface area contributed by atoms with Crippen LogP contribution in [0, 0.1) is 0 Å². The van der Waals surface area contributed by atoms with E-state index in [2.05, 4.69) is 53.3 Å². The van der Waals surface area contributed by atoms with Gasteiger partial charge in [-0.25, -0.2) is 10.5 Å². The van der Waals surface area contributed by atoms with Crippen LogP contribution in [-0.4, -0.2) is 0 Å². The molecule has 3 rings (SSSR count). The standard InChI is InChI=1S/C15H15N3/c1-3-7-13(8-4-1)15-11-12-16-18(17-15)14-9-5-2-6-10-14/h1-12,15-17H. The fourth-order valence-corrected chi connectivity index (χ4v) is 2.01. The van der Waals surface area contributed by atoms with Crippen molar-refractivity contribution in [3.63, 3.8) is 0 Å². The summed E-state index contributed by atoms with van der Waals surface area (Å²) < 4.78 is 0. The molecule has 1 unspecified atom stereocenters. The van der Waals surface area contributed by atoms with Crippen LogP contribution in [0.3, 0.4) is 0 Å². The molecular formula is C15H15N3. The number of anilines is 1. The summed E-state index contributed by atoms with van der Waals surface area (Å²) in [4.78, 5) is 0. The average Bonchev–Trinajstić information content (AvgIpc) is 2.49. The zero-order valence-electron chi connectivity index (χ0n) is 9.95. The van der Waals surface area contributed by atoms with Crippen LogP contribution in [0.2, 0.25) is 0 Å². The van der Waals surface area contributed by atoms with Crippen molar-refractivity contribution in [2.24, 2.45) is 0 Å². The molecule has 0 saturated carbocycles. The van der Waals surface area contributed by atoms with Crippen LogP contribution in [0.1, 0.15) is 11.6 Å². The monoisotopic (exact) mass is 237 g/mol. The third kappa shape index (κ3) is 2.21. The molecule has 0 amide bonds. The van der Waals surface area contributed by atoms with Crippen LogP contribution >= 0.6 is 0 Å². The number of nitrogens with zero attached hydrogens (tertiary/aromatic N) is 1. The Morgan fingerprint density at radius 2 is 1.50 bits per heavy atom. The second-order valence-corrected chi connectivity index (χ2v) is 4.18. The average molecular weight is 237 g/mol. The molecule has 1 aliphatic heterocycles. The van der Waals surface area contributed by atoms with E-state index in [1.54, 1.807) is 0 Å². The number of benzene rings is 2. The van der Waals surface area contributed by atoms with Crippen molar-refractivity contribution in [3.8, 4) is 0 Å². The van der Waals surface area contributed by atoms with Crippen molar-refractivity contribution in [1.82, 2.24) is 10.9 Å². The van der Waals surface area contributed by atoms with Gasteiger partial charge >= 0.3 is 0 Å². The summed E-state index contributed by atoms with van der Waals surface area (Å²) in [6.45, 7) is 0. The molecule has 0 aliphatic carbocycles. The molecular weight excluding hydrogens is 222 g/mol. The van der Waals surface area contributed by atoms with Gasteiger partial charge < -0.3 is 0 Å². The number of rotatable bonds is 2. The molecule has 3 heteroatoms. The molecule has 2 aromatic rings. The normalized spacial score (nSPS) is 18.4. The first-order valence-electron chi connectivity index (χ1n) is 6.02. The third-order valence-corrected chi connectivity index (χ3v) is 2.93. The third-order valence-electron chi connectivity index (χ3n) is 2.93. The second-order valence-electron chi connectivity index (χ2n) is 4.18. The minimum absolute atomic E-state index is 0.188. The number of hydrogen-bond donors (Lipinski definition) is 2. The highest BCUT2D eigenvalue weighted by Gasteiger charge is 2.15. The minimum Gasteiger partial charge on any atom is -0.291 e. The summed E-state index contributed by atoms with van der Waals surface area (Å²) in [5, 5.41) is 1.93. The first-order chi connectivity index (χ1) is 8.93. The quantitative estimate of drug-likeness (QED) is 0.841. The molecule has 0 radical (unpaired) electrons. The van der Waals surface area contributed by atoms with Crippen molar-refractivity contribution in [3.05, 3.63) is 78.5 Å². The van der Waals surface area contributed by atoms with Gasteiger partial charge in [-0.1, -0.05) is 48.5 Å². The van der Waals surface area contributed by atoms with E-state index in [1.807, 2.05) is 35.6 Å². The van der Waals surface area contributed by atoms with E-state index in [-0.39, 0.29) is 6.04 Å². The Hall–Kier alpha value is -2.26. The summed E-state index contributed by atoms with van der Waals surface area (Å²) in [6.07, 6.45) is 4.07. The molecule has 1 aliphatic rings. The SMILES string of the molecule is C1=CC(c2ccccc2)NN(c2ccccc2)N1. The van der Waals surface area contributed by atoms with E-state index in [0.29, 0.717) is 0 Å². The number of hydrazine groups is 2. The molecule has 18 heavy (non-hydrogen) atoms. The molecule has 0 saturated heterocycles. The molecule has 0 fully saturated rings. The van der Waals surface area contributed by atoms with Crippen LogP contribution in [-0.2, 0) is 0 Å². The van der Waals surface area contributed by atoms with Crippen LogP contribution in [0.5, 0.6) is 0 Å².